The Morgan fingerprint density at radius 2 is 1.97 bits per heavy atom. The number of nitrogens with zero attached hydrogens (tertiary/aromatic N) is 3. The minimum absolute atomic E-state index is 0.0408. The van der Waals surface area contributed by atoms with Crippen LogP contribution in [0.15, 0.2) is 18.2 Å². The van der Waals surface area contributed by atoms with Gasteiger partial charge < -0.3 is 14.4 Å². The standard InChI is InChI=1S/C25H37ClN5O4/c1-15-13-29(25(33)35-23-10-19(26)12-27-24(23)34-4)22-9-17(5-8-21(22)30(15)16(2)32)18-11-28-31(3,14-18)20-6-7-20/h5,8-9,15,18-20,23-24,27-28H,6-7,10-14H2,1-4H3/q+1/t15-,18?,19?,23?,24?,31?/m0/s1. The SMILES string of the molecule is COC1NCC(Cl)CC1OC(=O)N1C[C@H](C)N(C(C)=O)c2ccc(C3CN[N+](C)(C4CC4)C3)cc21. The number of carbonyl (C=O) groups is 2. The lowest BCUT2D eigenvalue weighted by atomic mass is 9.96. The number of nitrogens with one attached hydrogen (secondary N) is 2. The average molecular weight is 507 g/mol. The van der Waals surface area contributed by atoms with E-state index in [2.05, 4.69) is 29.9 Å². The van der Waals surface area contributed by atoms with Crippen LogP contribution < -0.4 is 20.5 Å². The highest BCUT2D eigenvalue weighted by atomic mass is 35.5. The Bertz CT molecular complexity index is 991. The van der Waals surface area contributed by atoms with Crippen molar-refractivity contribution in [3.8, 4) is 0 Å². The molecule has 3 fully saturated rings. The maximum absolute atomic E-state index is 13.5. The predicted octanol–water partition coefficient (Wildman–Crippen LogP) is 2.54. The third kappa shape index (κ3) is 4.76. The van der Waals surface area contributed by atoms with Gasteiger partial charge in [0.15, 0.2) is 0 Å². The van der Waals surface area contributed by atoms with Gasteiger partial charge in [0.2, 0.25) is 5.91 Å². The second-order valence-corrected chi connectivity index (χ2v) is 11.3. The lowest BCUT2D eigenvalue weighted by molar-refractivity contribution is -0.950. The molecule has 10 heteroatoms. The van der Waals surface area contributed by atoms with Crippen LogP contribution in [0, 0.1) is 0 Å². The molecule has 35 heavy (non-hydrogen) atoms. The highest BCUT2D eigenvalue weighted by Gasteiger charge is 2.48. The Kier molecular flexibility index (Phi) is 6.74. The van der Waals surface area contributed by atoms with Crippen LogP contribution in [-0.4, -0.2) is 86.7 Å². The molecular formula is C25H37ClN5O4+. The molecule has 3 heterocycles. The molecule has 0 radical (unpaired) electrons. The summed E-state index contributed by atoms with van der Waals surface area (Å²) in [5, 5.41) is 3.04. The number of carbonyl (C=O) groups excluding carboxylic acids is 2. The van der Waals surface area contributed by atoms with Crippen LogP contribution in [0.5, 0.6) is 0 Å². The number of likely N-dealkylation sites (N-methyl/N-ethyl adjacent to an activating group) is 1. The van der Waals surface area contributed by atoms with Crippen LogP contribution in [-0.2, 0) is 14.3 Å². The minimum Gasteiger partial charge on any atom is -0.442 e. The first-order valence-corrected chi connectivity index (χ1v) is 13.1. The third-order valence-electron chi connectivity index (χ3n) is 7.99. The van der Waals surface area contributed by atoms with Gasteiger partial charge in [-0.3, -0.25) is 15.0 Å². The van der Waals surface area contributed by atoms with Crippen molar-refractivity contribution in [1.29, 1.82) is 0 Å². The molecule has 5 unspecified atom stereocenters. The maximum atomic E-state index is 13.5. The van der Waals surface area contributed by atoms with Crippen molar-refractivity contribution in [2.45, 2.75) is 68.8 Å². The summed E-state index contributed by atoms with van der Waals surface area (Å²) in [6.07, 6.45) is 1.71. The minimum atomic E-state index is -0.493. The monoisotopic (exact) mass is 506 g/mol. The number of hydrogen-bond acceptors (Lipinski definition) is 6. The van der Waals surface area contributed by atoms with Crippen molar-refractivity contribution in [3.05, 3.63) is 23.8 Å². The summed E-state index contributed by atoms with van der Waals surface area (Å²) in [7, 11) is 3.86. The molecule has 0 bridgehead atoms. The van der Waals surface area contributed by atoms with Crippen molar-refractivity contribution in [2.24, 2.45) is 0 Å². The second-order valence-electron chi connectivity index (χ2n) is 10.7. The van der Waals surface area contributed by atoms with Crippen LogP contribution in [0.3, 0.4) is 0 Å². The summed E-state index contributed by atoms with van der Waals surface area (Å²) in [5.74, 6) is 0.298. The largest absolute Gasteiger partial charge is 0.442 e. The third-order valence-corrected chi connectivity index (χ3v) is 8.32. The number of rotatable bonds is 4. The van der Waals surface area contributed by atoms with Crippen molar-refractivity contribution in [2.75, 3.05) is 50.1 Å². The second kappa shape index (κ2) is 9.52. The number of fused-ring (bicyclic) bond motifs is 1. The van der Waals surface area contributed by atoms with Gasteiger partial charge in [-0.25, -0.2) is 9.39 Å². The van der Waals surface area contributed by atoms with Gasteiger partial charge in [0.25, 0.3) is 0 Å². The van der Waals surface area contributed by atoms with Crippen LogP contribution >= 0.6 is 11.6 Å². The number of ether oxygens (including phenoxy) is 2. The van der Waals surface area contributed by atoms with Gasteiger partial charge in [-0.15, -0.1) is 11.6 Å². The van der Waals surface area contributed by atoms with Crippen LogP contribution in [0.4, 0.5) is 16.2 Å². The normalized spacial score (nSPS) is 35.1. The van der Waals surface area contributed by atoms with Crippen molar-refractivity contribution < 1.29 is 23.7 Å². The highest BCUT2D eigenvalue weighted by Crippen LogP contribution is 2.41. The molecule has 4 aliphatic rings. The van der Waals surface area contributed by atoms with E-state index in [0.717, 1.165) is 23.4 Å². The fourth-order valence-corrected chi connectivity index (χ4v) is 6.24. The fraction of sp³-hybridized carbons (Fsp3) is 0.680. The Morgan fingerprint density at radius 3 is 2.66 bits per heavy atom. The molecule has 9 nitrogen and oxygen atoms in total. The van der Waals surface area contributed by atoms with Gasteiger partial charge in [0.05, 0.1) is 36.9 Å². The Labute approximate surface area is 212 Å². The quantitative estimate of drug-likeness (QED) is 0.482. The highest BCUT2D eigenvalue weighted by molar-refractivity contribution is 6.20. The lowest BCUT2D eigenvalue weighted by Gasteiger charge is -2.41. The van der Waals surface area contributed by atoms with Crippen LogP contribution in [0.2, 0.25) is 0 Å². The first kappa shape index (κ1) is 24.8. The van der Waals surface area contributed by atoms with E-state index in [1.807, 2.05) is 13.0 Å². The van der Waals surface area contributed by atoms with Crippen molar-refractivity contribution in [3.63, 3.8) is 0 Å². The molecule has 0 aromatic heterocycles. The van der Waals surface area contributed by atoms with Crippen molar-refractivity contribution in [1.82, 2.24) is 10.7 Å². The first-order valence-electron chi connectivity index (χ1n) is 12.6. The number of hydrogen-bond donors (Lipinski definition) is 2. The van der Waals surface area contributed by atoms with Gasteiger partial charge in [-0.1, -0.05) is 6.07 Å². The van der Waals surface area contributed by atoms with E-state index in [1.54, 1.807) is 23.8 Å². The number of quaternary nitrogens is 1. The summed E-state index contributed by atoms with van der Waals surface area (Å²) in [5.41, 5.74) is 6.32. The molecule has 1 aromatic carbocycles. The van der Waals surface area contributed by atoms with Crippen LogP contribution in [0.1, 0.15) is 44.6 Å². The van der Waals surface area contributed by atoms with E-state index in [1.165, 1.54) is 18.4 Å². The molecule has 6 atom stereocenters. The lowest BCUT2D eigenvalue weighted by Crippen LogP contribution is -2.55. The number of alkyl halides is 1. The zero-order valence-electron chi connectivity index (χ0n) is 21.0. The smallest absolute Gasteiger partial charge is 0.414 e. The van der Waals surface area contributed by atoms with Crippen molar-refractivity contribution >= 4 is 35.0 Å². The molecule has 0 spiro atoms. The summed E-state index contributed by atoms with van der Waals surface area (Å²) in [6, 6.07) is 6.68. The van der Waals surface area contributed by atoms with E-state index >= 15 is 0 Å². The van der Waals surface area contributed by atoms with E-state index in [4.69, 9.17) is 21.1 Å². The molecule has 2 amide bonds. The average Bonchev–Trinajstić information content (AvgIpc) is 3.61. The van der Waals surface area contributed by atoms with Gasteiger partial charge in [-0.2, -0.15) is 5.43 Å². The van der Waals surface area contributed by atoms with Gasteiger partial charge in [-0.05, 0) is 24.6 Å². The van der Waals surface area contributed by atoms with E-state index in [-0.39, 0.29) is 17.3 Å². The molecule has 192 valence electrons. The number of benzene rings is 1. The molecule has 1 aromatic rings. The molecule has 1 saturated carbocycles. The summed E-state index contributed by atoms with van der Waals surface area (Å²) in [6.45, 7) is 6.38. The Morgan fingerprint density at radius 1 is 1.20 bits per heavy atom. The Balaban J connectivity index is 1.43. The number of piperidine rings is 1. The number of halogens is 1. The number of anilines is 2. The van der Waals surface area contributed by atoms with E-state index < -0.39 is 18.4 Å². The fourth-order valence-electron chi connectivity index (χ4n) is 5.97. The predicted molar refractivity (Wildman–Crippen MR) is 135 cm³/mol. The van der Waals surface area contributed by atoms with Gasteiger partial charge >= 0.3 is 6.09 Å². The number of amides is 2. The van der Waals surface area contributed by atoms with Crippen LogP contribution in [0.25, 0.3) is 0 Å². The molecule has 2 N–H and O–H groups in total. The molecule has 5 rings (SSSR count). The molecular weight excluding hydrogens is 470 g/mol. The first-order chi connectivity index (χ1) is 16.7. The summed E-state index contributed by atoms with van der Waals surface area (Å²) in [4.78, 5) is 29.5. The zero-order chi connectivity index (χ0) is 24.9. The molecule has 2 saturated heterocycles. The van der Waals surface area contributed by atoms with Gasteiger partial charge in [0, 0.05) is 51.8 Å². The topological polar surface area (TPSA) is 83.1 Å². The van der Waals surface area contributed by atoms with Gasteiger partial charge in [0.1, 0.15) is 24.9 Å². The number of methoxy groups -OCH3 is 1. The maximum Gasteiger partial charge on any atom is 0.414 e. The summed E-state index contributed by atoms with van der Waals surface area (Å²) >= 11 is 6.33. The van der Waals surface area contributed by atoms with E-state index in [9.17, 15) is 9.59 Å². The molecule has 1 aliphatic carbocycles. The van der Waals surface area contributed by atoms with E-state index in [0.29, 0.717) is 37.2 Å². The zero-order valence-corrected chi connectivity index (χ0v) is 21.8. The molecule has 3 aliphatic heterocycles. The Hall–Kier alpha value is -1.91. The summed E-state index contributed by atoms with van der Waals surface area (Å²) < 4.78 is 12.3.